The Morgan fingerprint density at radius 1 is 0.964 bits per heavy atom. The predicted molar refractivity (Wildman–Crippen MR) is 113 cm³/mol. The van der Waals surface area contributed by atoms with Crippen LogP contribution in [0.3, 0.4) is 0 Å². The lowest BCUT2D eigenvalue weighted by Crippen LogP contribution is -2.29. The molecule has 5 nitrogen and oxygen atoms in total. The van der Waals surface area contributed by atoms with E-state index in [0.717, 1.165) is 56.1 Å². The zero-order chi connectivity index (χ0) is 19.3. The molecule has 144 valence electrons. The first-order valence-corrected chi connectivity index (χ1v) is 9.88. The van der Waals surface area contributed by atoms with Crippen LogP contribution in [-0.2, 0) is 6.54 Å². The van der Waals surface area contributed by atoms with Crippen molar-refractivity contribution in [1.29, 1.82) is 0 Å². The summed E-state index contributed by atoms with van der Waals surface area (Å²) in [6, 6.07) is 17.1. The number of benzene rings is 2. The van der Waals surface area contributed by atoms with Crippen LogP contribution in [0, 0.1) is 6.92 Å². The molecular weight excluding hydrogens is 346 g/mol. The molecule has 0 bridgehead atoms. The molecule has 2 aromatic carbocycles. The first-order valence-electron chi connectivity index (χ1n) is 9.88. The fraction of sp³-hybridized carbons (Fsp3) is 0.304. The molecule has 4 rings (SSSR count). The van der Waals surface area contributed by atoms with Gasteiger partial charge in [-0.15, -0.1) is 0 Å². The maximum atomic E-state index is 4.45. The Hall–Kier alpha value is -2.92. The minimum Gasteiger partial charge on any atom is -0.370 e. The van der Waals surface area contributed by atoms with E-state index < -0.39 is 0 Å². The molecule has 1 aliphatic heterocycles. The molecule has 0 atom stereocenters. The Labute approximate surface area is 166 Å². The van der Waals surface area contributed by atoms with Crippen LogP contribution in [0.15, 0.2) is 67.5 Å². The Kier molecular flexibility index (Phi) is 5.53. The molecule has 0 radical (unpaired) electrons. The highest BCUT2D eigenvalue weighted by Gasteiger charge is 2.19. The molecule has 0 unspecified atom stereocenters. The van der Waals surface area contributed by atoms with Crippen molar-refractivity contribution in [3.63, 3.8) is 0 Å². The maximum absolute atomic E-state index is 4.45. The molecule has 0 aliphatic carbocycles. The SMILES string of the molecule is C=C(c1cc(C)ccc1-n1nccn1)N1CCCN(Cc2ccccc2)CC1. The van der Waals surface area contributed by atoms with Gasteiger partial charge in [-0.1, -0.05) is 48.5 Å². The number of rotatable bonds is 5. The van der Waals surface area contributed by atoms with Gasteiger partial charge >= 0.3 is 0 Å². The third-order valence-corrected chi connectivity index (χ3v) is 5.32. The van der Waals surface area contributed by atoms with Crippen molar-refractivity contribution in [2.45, 2.75) is 19.9 Å². The molecule has 3 aromatic rings. The first-order chi connectivity index (χ1) is 13.7. The summed E-state index contributed by atoms with van der Waals surface area (Å²) in [6.07, 6.45) is 4.55. The molecule has 0 N–H and O–H groups in total. The lowest BCUT2D eigenvalue weighted by molar-refractivity contribution is 0.276. The van der Waals surface area contributed by atoms with E-state index in [9.17, 15) is 0 Å². The van der Waals surface area contributed by atoms with Gasteiger partial charge in [0.15, 0.2) is 0 Å². The van der Waals surface area contributed by atoms with Gasteiger partial charge in [0.2, 0.25) is 0 Å². The summed E-state index contributed by atoms with van der Waals surface area (Å²) in [6.45, 7) is 11.7. The standard InChI is InChI=1S/C23H27N5/c1-19-9-10-23(28-24-11-12-25-28)22(17-19)20(2)27-14-6-13-26(15-16-27)18-21-7-4-3-5-8-21/h3-5,7-12,17H,2,6,13-16,18H2,1H3. The number of nitrogens with zero attached hydrogens (tertiary/aromatic N) is 5. The molecule has 1 saturated heterocycles. The molecule has 5 heteroatoms. The number of aryl methyl sites for hydroxylation is 1. The highest BCUT2D eigenvalue weighted by atomic mass is 15.5. The molecule has 1 fully saturated rings. The summed E-state index contributed by atoms with van der Waals surface area (Å²) < 4.78 is 0. The summed E-state index contributed by atoms with van der Waals surface area (Å²) >= 11 is 0. The van der Waals surface area contributed by atoms with Crippen molar-refractivity contribution in [3.05, 3.63) is 84.2 Å². The van der Waals surface area contributed by atoms with Crippen molar-refractivity contribution in [1.82, 2.24) is 24.8 Å². The highest BCUT2D eigenvalue weighted by Crippen LogP contribution is 2.26. The Morgan fingerprint density at radius 3 is 2.54 bits per heavy atom. The molecule has 0 spiro atoms. The fourth-order valence-corrected chi connectivity index (χ4v) is 3.81. The lowest BCUT2D eigenvalue weighted by atomic mass is 10.1. The van der Waals surface area contributed by atoms with E-state index in [2.05, 4.69) is 82.0 Å². The van der Waals surface area contributed by atoms with E-state index in [0.29, 0.717) is 0 Å². The topological polar surface area (TPSA) is 37.2 Å². The van der Waals surface area contributed by atoms with Crippen LogP contribution in [0.5, 0.6) is 0 Å². The normalized spacial score (nSPS) is 15.4. The van der Waals surface area contributed by atoms with Crippen molar-refractivity contribution >= 4 is 5.70 Å². The van der Waals surface area contributed by atoms with Crippen LogP contribution < -0.4 is 0 Å². The molecule has 1 aliphatic rings. The Balaban J connectivity index is 1.49. The van der Waals surface area contributed by atoms with Gasteiger partial charge in [0, 0.05) is 44.0 Å². The van der Waals surface area contributed by atoms with E-state index in [1.807, 2.05) is 0 Å². The molecule has 1 aromatic heterocycles. The van der Waals surface area contributed by atoms with Crippen molar-refractivity contribution in [2.75, 3.05) is 26.2 Å². The second-order valence-corrected chi connectivity index (χ2v) is 7.39. The van der Waals surface area contributed by atoms with Crippen LogP contribution in [0.4, 0.5) is 0 Å². The van der Waals surface area contributed by atoms with E-state index in [4.69, 9.17) is 0 Å². The Bertz CT molecular complexity index is 917. The third-order valence-electron chi connectivity index (χ3n) is 5.32. The molecule has 2 heterocycles. The zero-order valence-corrected chi connectivity index (χ0v) is 16.5. The van der Waals surface area contributed by atoms with Gasteiger partial charge in [-0.2, -0.15) is 15.0 Å². The van der Waals surface area contributed by atoms with Crippen LogP contribution in [0.25, 0.3) is 11.4 Å². The van der Waals surface area contributed by atoms with E-state index >= 15 is 0 Å². The average molecular weight is 374 g/mol. The quantitative estimate of drug-likeness (QED) is 0.683. The maximum Gasteiger partial charge on any atom is 0.0949 e. The van der Waals surface area contributed by atoms with Gasteiger partial charge in [0.05, 0.1) is 18.1 Å². The Morgan fingerprint density at radius 2 is 1.75 bits per heavy atom. The lowest BCUT2D eigenvalue weighted by Gasteiger charge is -2.27. The molecular formula is C23H27N5. The van der Waals surface area contributed by atoms with Crippen LogP contribution in [0.2, 0.25) is 0 Å². The first kappa shape index (κ1) is 18.4. The van der Waals surface area contributed by atoms with E-state index in [1.165, 1.54) is 11.1 Å². The summed E-state index contributed by atoms with van der Waals surface area (Å²) in [5, 5.41) is 8.64. The summed E-state index contributed by atoms with van der Waals surface area (Å²) in [5.41, 5.74) is 5.73. The van der Waals surface area contributed by atoms with Crippen LogP contribution in [0.1, 0.15) is 23.1 Å². The second kappa shape index (κ2) is 8.40. The zero-order valence-electron chi connectivity index (χ0n) is 16.5. The second-order valence-electron chi connectivity index (χ2n) is 7.39. The van der Waals surface area contributed by atoms with Crippen LogP contribution >= 0.6 is 0 Å². The predicted octanol–water partition coefficient (Wildman–Crippen LogP) is 3.75. The third kappa shape index (κ3) is 4.15. The van der Waals surface area contributed by atoms with Gasteiger partial charge in [0.25, 0.3) is 0 Å². The number of hydrogen-bond acceptors (Lipinski definition) is 4. The molecule has 28 heavy (non-hydrogen) atoms. The fourth-order valence-electron chi connectivity index (χ4n) is 3.81. The average Bonchev–Trinajstić information content (AvgIpc) is 3.15. The monoisotopic (exact) mass is 373 g/mol. The number of hydrogen-bond donors (Lipinski definition) is 0. The highest BCUT2D eigenvalue weighted by molar-refractivity contribution is 5.70. The van der Waals surface area contributed by atoms with E-state index in [1.54, 1.807) is 17.2 Å². The largest absolute Gasteiger partial charge is 0.370 e. The van der Waals surface area contributed by atoms with Crippen molar-refractivity contribution in [3.8, 4) is 5.69 Å². The summed E-state index contributed by atoms with van der Waals surface area (Å²) in [5.74, 6) is 0. The van der Waals surface area contributed by atoms with Gasteiger partial charge < -0.3 is 4.90 Å². The van der Waals surface area contributed by atoms with Gasteiger partial charge in [0.1, 0.15) is 0 Å². The van der Waals surface area contributed by atoms with Gasteiger partial charge in [-0.3, -0.25) is 4.90 Å². The van der Waals surface area contributed by atoms with Gasteiger partial charge in [-0.05, 0) is 31.0 Å². The van der Waals surface area contributed by atoms with Crippen molar-refractivity contribution in [2.24, 2.45) is 0 Å². The summed E-state index contributed by atoms with van der Waals surface area (Å²) in [4.78, 5) is 6.63. The smallest absolute Gasteiger partial charge is 0.0949 e. The minimum absolute atomic E-state index is 0.978. The minimum atomic E-state index is 0.978. The van der Waals surface area contributed by atoms with Crippen molar-refractivity contribution < 1.29 is 0 Å². The molecule has 0 amide bonds. The number of aromatic nitrogens is 3. The van der Waals surface area contributed by atoms with Crippen LogP contribution in [-0.4, -0.2) is 51.0 Å². The summed E-state index contributed by atoms with van der Waals surface area (Å²) in [7, 11) is 0. The van der Waals surface area contributed by atoms with Gasteiger partial charge in [-0.25, -0.2) is 0 Å². The van der Waals surface area contributed by atoms with E-state index in [-0.39, 0.29) is 0 Å². The molecule has 0 saturated carbocycles.